The number of carbonyl (C=O) groups excluding carboxylic acids is 1. The number of aromatic hydroxyl groups is 1. The van der Waals surface area contributed by atoms with Gasteiger partial charge in [0, 0.05) is 43.1 Å². The van der Waals surface area contributed by atoms with Crippen molar-refractivity contribution in [3.05, 3.63) is 126 Å². The fraction of sp³-hybridized carbons (Fsp3) is 0.176. The summed E-state index contributed by atoms with van der Waals surface area (Å²) in [6, 6.07) is 33.6. The van der Waals surface area contributed by atoms with Crippen molar-refractivity contribution in [1.82, 2.24) is 25.6 Å². The highest BCUT2D eigenvalue weighted by molar-refractivity contribution is 5.94. The molecule has 0 unspecified atom stereocenters. The van der Waals surface area contributed by atoms with Gasteiger partial charge in [0.15, 0.2) is 0 Å². The smallest absolute Gasteiger partial charge is 0.251 e. The van der Waals surface area contributed by atoms with Crippen molar-refractivity contribution >= 4 is 35.1 Å². The highest BCUT2D eigenvalue weighted by Gasteiger charge is 2.10. The number of ether oxygens (including phenoxy) is 1. The average Bonchev–Trinajstić information content (AvgIpc) is 3.07. The van der Waals surface area contributed by atoms with Crippen LogP contribution in [0.25, 0.3) is 0 Å². The Morgan fingerprint density at radius 1 is 0.622 bits per heavy atom. The molecule has 5 aromatic rings. The van der Waals surface area contributed by atoms with Crippen molar-refractivity contribution in [2.75, 3.05) is 42.3 Å². The Morgan fingerprint density at radius 3 is 1.78 bits per heavy atom. The van der Waals surface area contributed by atoms with E-state index in [1.165, 1.54) is 5.56 Å². The summed E-state index contributed by atoms with van der Waals surface area (Å²) in [5.41, 5.74) is 4.21. The molecule has 45 heavy (non-hydrogen) atoms. The van der Waals surface area contributed by atoms with Crippen LogP contribution in [0.15, 0.2) is 109 Å². The molecule has 6 N–H and O–H groups in total. The zero-order valence-corrected chi connectivity index (χ0v) is 24.7. The minimum Gasteiger partial charge on any atom is -0.508 e. The Labute approximate surface area is 262 Å². The van der Waals surface area contributed by atoms with Crippen molar-refractivity contribution in [3.63, 3.8) is 0 Å². The lowest BCUT2D eigenvalue weighted by Crippen LogP contribution is -2.22. The van der Waals surface area contributed by atoms with E-state index >= 15 is 0 Å². The molecule has 0 aliphatic carbocycles. The summed E-state index contributed by atoms with van der Waals surface area (Å²) in [5.74, 6) is 0.973. The van der Waals surface area contributed by atoms with Gasteiger partial charge in [-0.3, -0.25) is 4.79 Å². The first kappa shape index (κ1) is 30.9. The summed E-state index contributed by atoms with van der Waals surface area (Å²) in [5, 5.41) is 25.4. The predicted octanol–water partition coefficient (Wildman–Crippen LogP) is 5.21. The highest BCUT2D eigenvalue weighted by Crippen LogP contribution is 2.21. The normalized spacial score (nSPS) is 10.7. The number of phenolic OH excluding ortho intramolecular Hbond substituents is 1. The number of rotatable bonds is 16. The SMILES string of the molecule is O=C(NCc1ccccc1)c1ccc(Nc2nc(NCCOCCNCc3ccccc3)nc(Nc3ccc(O)cc3)n2)cc1. The topological polar surface area (TPSA) is 145 Å². The third-order valence-electron chi connectivity index (χ3n) is 6.58. The van der Waals surface area contributed by atoms with Crippen LogP contribution in [0.4, 0.5) is 29.2 Å². The largest absolute Gasteiger partial charge is 0.508 e. The predicted molar refractivity (Wildman–Crippen MR) is 176 cm³/mol. The third kappa shape index (κ3) is 10.3. The van der Waals surface area contributed by atoms with Crippen LogP contribution in [0.5, 0.6) is 5.75 Å². The lowest BCUT2D eigenvalue weighted by Gasteiger charge is -2.12. The maximum absolute atomic E-state index is 12.6. The Morgan fingerprint density at radius 2 is 1.16 bits per heavy atom. The molecule has 0 saturated carbocycles. The number of anilines is 5. The molecule has 0 spiro atoms. The van der Waals surface area contributed by atoms with E-state index in [9.17, 15) is 9.90 Å². The Balaban J connectivity index is 1.15. The number of carbonyl (C=O) groups is 1. The van der Waals surface area contributed by atoms with E-state index in [2.05, 4.69) is 53.7 Å². The van der Waals surface area contributed by atoms with Gasteiger partial charge in [0.1, 0.15) is 5.75 Å². The van der Waals surface area contributed by atoms with Gasteiger partial charge in [-0.05, 0) is 59.7 Å². The number of hydrogen-bond donors (Lipinski definition) is 6. The van der Waals surface area contributed by atoms with Crippen molar-refractivity contribution in [2.45, 2.75) is 13.1 Å². The fourth-order valence-corrected chi connectivity index (χ4v) is 4.26. The first-order valence-electron chi connectivity index (χ1n) is 14.7. The van der Waals surface area contributed by atoms with E-state index in [1.54, 1.807) is 48.5 Å². The number of nitrogens with zero attached hydrogens (tertiary/aromatic N) is 3. The quantitative estimate of drug-likeness (QED) is 0.0655. The lowest BCUT2D eigenvalue weighted by molar-refractivity contribution is 0.0951. The summed E-state index contributed by atoms with van der Waals surface area (Å²) in [6.45, 7) is 3.52. The average molecular weight is 605 g/mol. The van der Waals surface area contributed by atoms with Crippen LogP contribution in [0.3, 0.4) is 0 Å². The standard InChI is InChI=1S/C34H36N8O3/c43-30-17-15-29(16-18-30)39-34-41-32(36-20-22-45-21-19-35-23-25-7-3-1-4-8-25)40-33(42-34)38-28-13-11-27(12-14-28)31(44)37-24-26-9-5-2-6-10-26/h1-18,35,43H,19-24H2,(H,37,44)(H3,36,38,39,40,41,42). The number of hydrogen-bond acceptors (Lipinski definition) is 10. The maximum Gasteiger partial charge on any atom is 0.251 e. The number of aromatic nitrogens is 3. The number of phenols is 1. The second kappa shape index (κ2) is 16.4. The van der Waals surface area contributed by atoms with Crippen LogP contribution >= 0.6 is 0 Å². The number of nitrogens with one attached hydrogen (secondary N) is 5. The number of benzene rings is 4. The van der Waals surface area contributed by atoms with E-state index < -0.39 is 0 Å². The van der Waals surface area contributed by atoms with E-state index in [1.807, 2.05) is 48.5 Å². The minimum absolute atomic E-state index is 0.161. The molecular formula is C34H36N8O3. The van der Waals surface area contributed by atoms with E-state index in [0.29, 0.717) is 61.1 Å². The van der Waals surface area contributed by atoms with E-state index in [-0.39, 0.29) is 11.7 Å². The van der Waals surface area contributed by atoms with Gasteiger partial charge in [0.2, 0.25) is 17.8 Å². The summed E-state index contributed by atoms with van der Waals surface area (Å²) >= 11 is 0. The van der Waals surface area contributed by atoms with Gasteiger partial charge in [-0.15, -0.1) is 0 Å². The molecule has 1 aromatic heterocycles. The molecule has 230 valence electrons. The van der Waals surface area contributed by atoms with Crippen LogP contribution < -0.4 is 26.6 Å². The molecule has 5 rings (SSSR count). The molecule has 0 aliphatic rings. The van der Waals surface area contributed by atoms with E-state index in [4.69, 9.17) is 4.74 Å². The van der Waals surface area contributed by atoms with Gasteiger partial charge in [0.25, 0.3) is 5.91 Å². The molecule has 0 bridgehead atoms. The maximum atomic E-state index is 12.6. The molecule has 0 fully saturated rings. The summed E-state index contributed by atoms with van der Waals surface area (Å²) in [6.07, 6.45) is 0. The zero-order valence-electron chi connectivity index (χ0n) is 24.7. The van der Waals surface area contributed by atoms with Gasteiger partial charge < -0.3 is 36.4 Å². The van der Waals surface area contributed by atoms with Crippen LogP contribution in [-0.4, -0.2) is 52.3 Å². The van der Waals surface area contributed by atoms with Crippen LogP contribution in [0, 0.1) is 0 Å². The molecule has 0 aliphatic heterocycles. The summed E-state index contributed by atoms with van der Waals surface area (Å²) in [7, 11) is 0. The van der Waals surface area contributed by atoms with Crippen molar-refractivity contribution < 1.29 is 14.6 Å². The van der Waals surface area contributed by atoms with Crippen molar-refractivity contribution in [1.29, 1.82) is 0 Å². The second-order valence-electron chi connectivity index (χ2n) is 10.1. The zero-order chi connectivity index (χ0) is 31.1. The molecule has 0 saturated heterocycles. The first-order valence-corrected chi connectivity index (χ1v) is 14.7. The molecule has 0 radical (unpaired) electrons. The second-order valence-corrected chi connectivity index (χ2v) is 10.1. The summed E-state index contributed by atoms with van der Waals surface area (Å²) < 4.78 is 5.75. The molecule has 11 heteroatoms. The fourth-order valence-electron chi connectivity index (χ4n) is 4.26. The Kier molecular flexibility index (Phi) is 11.2. The molecular weight excluding hydrogens is 568 g/mol. The molecule has 4 aromatic carbocycles. The molecule has 1 heterocycles. The van der Waals surface area contributed by atoms with Crippen LogP contribution in [-0.2, 0) is 17.8 Å². The molecule has 0 atom stereocenters. The first-order chi connectivity index (χ1) is 22.1. The van der Waals surface area contributed by atoms with Gasteiger partial charge in [0.05, 0.1) is 13.2 Å². The van der Waals surface area contributed by atoms with Crippen molar-refractivity contribution in [3.8, 4) is 5.75 Å². The number of amides is 1. The van der Waals surface area contributed by atoms with Gasteiger partial charge in [-0.2, -0.15) is 15.0 Å². The lowest BCUT2D eigenvalue weighted by atomic mass is 10.2. The molecule has 11 nitrogen and oxygen atoms in total. The monoisotopic (exact) mass is 604 g/mol. The Bertz CT molecular complexity index is 1620. The van der Waals surface area contributed by atoms with Crippen LogP contribution in [0.1, 0.15) is 21.5 Å². The summed E-state index contributed by atoms with van der Waals surface area (Å²) in [4.78, 5) is 26.1. The van der Waals surface area contributed by atoms with Gasteiger partial charge in [-0.25, -0.2) is 0 Å². The van der Waals surface area contributed by atoms with Gasteiger partial charge >= 0.3 is 0 Å². The van der Waals surface area contributed by atoms with Gasteiger partial charge in [-0.1, -0.05) is 60.7 Å². The third-order valence-corrected chi connectivity index (χ3v) is 6.58. The van der Waals surface area contributed by atoms with Crippen LogP contribution in [0.2, 0.25) is 0 Å². The highest BCUT2D eigenvalue weighted by atomic mass is 16.5. The van der Waals surface area contributed by atoms with Crippen molar-refractivity contribution in [2.24, 2.45) is 0 Å². The molecule has 1 amide bonds. The minimum atomic E-state index is -0.161. The Hall–Kier alpha value is -5.52. The van der Waals surface area contributed by atoms with E-state index in [0.717, 1.165) is 18.7 Å².